The lowest BCUT2D eigenvalue weighted by Crippen LogP contribution is -2.27. The maximum atomic E-state index is 11.3. The number of halogens is 2. The van der Waals surface area contributed by atoms with Gasteiger partial charge in [0.05, 0.1) is 11.0 Å². The van der Waals surface area contributed by atoms with Gasteiger partial charge in [-0.2, -0.15) is 0 Å². The standard InChI is InChI=1S/C17H20Br2N4O2/c1-3-4-5-6-7-8-14-16(20-10-15(24)22-25)21-17-13(19)9-12(18)11(2)23(14)17/h9,20,25H,3-6,10H2,1-2H3,(H,22,24). The largest absolute Gasteiger partial charge is 0.359 e. The van der Waals surface area contributed by atoms with Gasteiger partial charge in [-0.15, -0.1) is 0 Å². The summed E-state index contributed by atoms with van der Waals surface area (Å²) in [7, 11) is 0. The van der Waals surface area contributed by atoms with E-state index >= 15 is 0 Å². The number of hydrogen-bond donors (Lipinski definition) is 3. The van der Waals surface area contributed by atoms with Crippen molar-refractivity contribution >= 4 is 49.2 Å². The number of pyridine rings is 1. The third kappa shape index (κ3) is 4.75. The molecule has 0 saturated heterocycles. The second kappa shape index (κ2) is 9.22. The Morgan fingerprint density at radius 2 is 2.12 bits per heavy atom. The Hall–Kier alpha value is -1.56. The van der Waals surface area contributed by atoms with Crippen molar-refractivity contribution in [2.24, 2.45) is 0 Å². The molecule has 0 aliphatic carbocycles. The van der Waals surface area contributed by atoms with Gasteiger partial charge in [-0.1, -0.05) is 25.7 Å². The molecule has 6 nitrogen and oxygen atoms in total. The minimum atomic E-state index is -0.545. The Bertz CT molecular complexity index is 837. The summed E-state index contributed by atoms with van der Waals surface area (Å²) in [6, 6.07) is 1.93. The average Bonchev–Trinajstić information content (AvgIpc) is 2.96. The number of carbonyl (C=O) groups excluding carboxylic acids is 1. The fourth-order valence-electron chi connectivity index (χ4n) is 2.35. The van der Waals surface area contributed by atoms with Gasteiger partial charge in [0.1, 0.15) is 5.69 Å². The number of carbonyl (C=O) groups is 1. The van der Waals surface area contributed by atoms with Gasteiger partial charge >= 0.3 is 0 Å². The molecule has 2 heterocycles. The highest BCUT2D eigenvalue weighted by molar-refractivity contribution is 9.11. The molecule has 134 valence electrons. The number of nitrogens with one attached hydrogen (secondary N) is 2. The summed E-state index contributed by atoms with van der Waals surface area (Å²) >= 11 is 7.06. The van der Waals surface area contributed by atoms with Gasteiger partial charge in [-0.3, -0.25) is 14.4 Å². The van der Waals surface area contributed by atoms with Crippen LogP contribution in [0.3, 0.4) is 0 Å². The predicted molar refractivity (Wildman–Crippen MR) is 105 cm³/mol. The van der Waals surface area contributed by atoms with Crippen molar-refractivity contribution in [3.8, 4) is 11.8 Å². The second-order valence-electron chi connectivity index (χ2n) is 5.54. The van der Waals surface area contributed by atoms with Gasteiger partial charge in [0.15, 0.2) is 11.5 Å². The minimum Gasteiger partial charge on any atom is -0.359 e. The van der Waals surface area contributed by atoms with Crippen LogP contribution in [-0.2, 0) is 4.79 Å². The van der Waals surface area contributed by atoms with Crippen LogP contribution in [0.5, 0.6) is 0 Å². The third-order valence-electron chi connectivity index (χ3n) is 3.68. The summed E-state index contributed by atoms with van der Waals surface area (Å²) in [4.78, 5) is 15.9. The molecule has 0 aliphatic heterocycles. The second-order valence-corrected chi connectivity index (χ2v) is 7.25. The van der Waals surface area contributed by atoms with Crippen LogP contribution in [0.1, 0.15) is 44.0 Å². The fourth-order valence-corrected chi connectivity index (χ4v) is 3.55. The molecule has 2 rings (SSSR count). The molecular weight excluding hydrogens is 452 g/mol. The monoisotopic (exact) mass is 470 g/mol. The number of hydrogen-bond acceptors (Lipinski definition) is 4. The Morgan fingerprint density at radius 3 is 2.80 bits per heavy atom. The first-order valence-electron chi connectivity index (χ1n) is 8.02. The molecule has 0 saturated carbocycles. The van der Waals surface area contributed by atoms with E-state index in [0.717, 1.165) is 40.3 Å². The molecule has 0 aromatic carbocycles. The van der Waals surface area contributed by atoms with Gasteiger partial charge in [-0.05, 0) is 57.2 Å². The number of anilines is 1. The van der Waals surface area contributed by atoms with Crippen LogP contribution in [0.25, 0.3) is 5.65 Å². The lowest BCUT2D eigenvalue weighted by atomic mass is 10.2. The number of imidazole rings is 1. The molecule has 0 spiro atoms. The number of aryl methyl sites for hydroxylation is 1. The number of aromatic nitrogens is 2. The van der Waals surface area contributed by atoms with Gasteiger partial charge < -0.3 is 5.32 Å². The molecule has 3 N–H and O–H groups in total. The van der Waals surface area contributed by atoms with E-state index < -0.39 is 5.91 Å². The normalized spacial score (nSPS) is 10.4. The number of unbranched alkanes of at least 4 members (excludes halogenated alkanes) is 3. The van der Waals surface area contributed by atoms with Crippen molar-refractivity contribution in [3.63, 3.8) is 0 Å². The quantitative estimate of drug-likeness (QED) is 0.257. The van der Waals surface area contributed by atoms with Crippen LogP contribution >= 0.6 is 31.9 Å². The zero-order valence-corrected chi connectivity index (χ0v) is 17.3. The molecule has 25 heavy (non-hydrogen) atoms. The Kier molecular flexibility index (Phi) is 7.29. The molecule has 0 radical (unpaired) electrons. The highest BCUT2D eigenvalue weighted by Crippen LogP contribution is 2.30. The molecule has 2 aromatic heterocycles. The number of rotatable bonds is 6. The third-order valence-corrected chi connectivity index (χ3v) is 5.07. The summed E-state index contributed by atoms with van der Waals surface area (Å²) in [5, 5.41) is 11.6. The smallest absolute Gasteiger partial charge is 0.262 e. The molecule has 1 amide bonds. The van der Waals surface area contributed by atoms with E-state index in [1.54, 1.807) is 5.48 Å². The van der Waals surface area contributed by atoms with Gasteiger partial charge in [0, 0.05) is 16.6 Å². The first kappa shape index (κ1) is 19.8. The van der Waals surface area contributed by atoms with Crippen LogP contribution in [0.2, 0.25) is 0 Å². The van der Waals surface area contributed by atoms with Crippen molar-refractivity contribution in [2.75, 3.05) is 11.9 Å². The lowest BCUT2D eigenvalue weighted by molar-refractivity contribution is -0.127. The van der Waals surface area contributed by atoms with Crippen LogP contribution in [-0.4, -0.2) is 27.0 Å². The Labute approximate surface area is 163 Å². The molecule has 0 unspecified atom stereocenters. The van der Waals surface area contributed by atoms with E-state index in [-0.39, 0.29) is 6.54 Å². The van der Waals surface area contributed by atoms with E-state index in [0.29, 0.717) is 17.2 Å². The number of fused-ring (bicyclic) bond motifs is 1. The van der Waals surface area contributed by atoms with E-state index in [1.165, 1.54) is 0 Å². The molecule has 0 fully saturated rings. The molecule has 2 aromatic rings. The molecular formula is C17H20Br2N4O2. The summed E-state index contributed by atoms with van der Waals surface area (Å²) in [6.07, 6.45) is 4.17. The van der Waals surface area contributed by atoms with E-state index in [2.05, 4.69) is 60.9 Å². The van der Waals surface area contributed by atoms with Gasteiger partial charge in [0.2, 0.25) is 0 Å². The SMILES string of the molecule is CCCCCC#Cc1c(NCC(=O)NO)nc2c(Br)cc(Br)c(C)n12. The number of nitrogens with zero attached hydrogens (tertiary/aromatic N) is 2. The molecule has 0 atom stereocenters. The van der Waals surface area contributed by atoms with Crippen molar-refractivity contribution in [1.29, 1.82) is 0 Å². The fraction of sp³-hybridized carbons (Fsp3) is 0.412. The lowest BCUT2D eigenvalue weighted by Gasteiger charge is -2.06. The highest BCUT2D eigenvalue weighted by Gasteiger charge is 2.17. The van der Waals surface area contributed by atoms with Crippen LogP contribution in [0, 0.1) is 18.8 Å². The topological polar surface area (TPSA) is 78.7 Å². The number of hydroxylamine groups is 1. The summed E-state index contributed by atoms with van der Waals surface area (Å²) < 4.78 is 3.69. The van der Waals surface area contributed by atoms with Crippen molar-refractivity contribution < 1.29 is 10.0 Å². The van der Waals surface area contributed by atoms with Crippen molar-refractivity contribution in [1.82, 2.24) is 14.9 Å². The Balaban J connectivity index is 2.46. The van der Waals surface area contributed by atoms with Crippen LogP contribution in [0.4, 0.5) is 5.82 Å². The predicted octanol–water partition coefficient (Wildman–Crippen LogP) is 4.02. The van der Waals surface area contributed by atoms with Gasteiger partial charge in [-0.25, -0.2) is 10.5 Å². The first-order chi connectivity index (χ1) is 12.0. The molecule has 0 aliphatic rings. The van der Waals surface area contributed by atoms with E-state index in [4.69, 9.17) is 5.21 Å². The zero-order valence-electron chi connectivity index (χ0n) is 14.1. The Morgan fingerprint density at radius 1 is 1.36 bits per heavy atom. The highest BCUT2D eigenvalue weighted by atomic mass is 79.9. The van der Waals surface area contributed by atoms with Crippen molar-refractivity contribution in [3.05, 3.63) is 26.4 Å². The number of amides is 1. The van der Waals surface area contributed by atoms with Crippen LogP contribution < -0.4 is 10.8 Å². The van der Waals surface area contributed by atoms with E-state index in [1.807, 2.05) is 17.4 Å². The van der Waals surface area contributed by atoms with Crippen LogP contribution in [0.15, 0.2) is 15.0 Å². The summed E-state index contributed by atoms with van der Waals surface area (Å²) in [6.45, 7) is 4.03. The summed E-state index contributed by atoms with van der Waals surface area (Å²) in [5.74, 6) is 6.34. The minimum absolute atomic E-state index is 0.0945. The van der Waals surface area contributed by atoms with Crippen molar-refractivity contribution in [2.45, 2.75) is 39.5 Å². The average molecular weight is 472 g/mol. The maximum Gasteiger partial charge on any atom is 0.262 e. The van der Waals surface area contributed by atoms with Gasteiger partial charge in [0.25, 0.3) is 5.91 Å². The molecule has 0 bridgehead atoms. The summed E-state index contributed by atoms with van der Waals surface area (Å²) in [5.41, 5.74) is 3.96. The first-order valence-corrected chi connectivity index (χ1v) is 9.60. The maximum absolute atomic E-state index is 11.3. The van der Waals surface area contributed by atoms with E-state index in [9.17, 15) is 4.79 Å². The molecule has 8 heteroatoms. The zero-order chi connectivity index (χ0) is 18.4.